The van der Waals surface area contributed by atoms with Gasteiger partial charge in [-0.3, -0.25) is 4.79 Å². The fraction of sp³-hybridized carbons (Fsp3) is 0.455. The molecule has 0 radical (unpaired) electrons. The Kier molecular flexibility index (Phi) is 4.94. The predicted molar refractivity (Wildman–Crippen MR) is 76.2 cm³/mol. The van der Waals surface area contributed by atoms with Crippen LogP contribution in [-0.2, 0) is 24.2 Å². The van der Waals surface area contributed by atoms with Crippen molar-refractivity contribution in [1.29, 1.82) is 0 Å². The maximum Gasteiger partial charge on any atom is 0.232 e. The Labute approximate surface area is 119 Å². The van der Waals surface area contributed by atoms with Gasteiger partial charge in [-0.05, 0) is 6.42 Å². The zero-order valence-corrected chi connectivity index (χ0v) is 12.2. The molecule has 0 aromatic carbocycles. The van der Waals surface area contributed by atoms with Crippen molar-refractivity contribution in [3.63, 3.8) is 0 Å². The van der Waals surface area contributed by atoms with Gasteiger partial charge in [-0.1, -0.05) is 18.3 Å². The molecule has 2 heterocycles. The average Bonchev–Trinajstić information content (AvgIpc) is 2.99. The SMILES string of the molecule is CCCc1nnc(NC(=O)Cc2csc(CN)n2)s1. The molecule has 0 aliphatic carbocycles. The summed E-state index contributed by atoms with van der Waals surface area (Å²) in [6.07, 6.45) is 2.14. The number of amides is 1. The molecule has 0 saturated heterocycles. The monoisotopic (exact) mass is 297 g/mol. The molecule has 0 aliphatic heterocycles. The van der Waals surface area contributed by atoms with Crippen molar-refractivity contribution in [2.24, 2.45) is 5.73 Å². The normalized spacial score (nSPS) is 10.6. The second-order valence-electron chi connectivity index (χ2n) is 3.91. The molecule has 0 atom stereocenters. The van der Waals surface area contributed by atoms with Crippen LogP contribution in [0.3, 0.4) is 0 Å². The number of nitrogens with one attached hydrogen (secondary N) is 1. The number of anilines is 1. The Bertz CT molecular complexity index is 551. The standard InChI is InChI=1S/C11H15N5OS2/c1-2-3-9-15-16-11(19-9)14-8(17)4-7-6-18-10(5-12)13-7/h6H,2-5,12H2,1H3,(H,14,16,17). The van der Waals surface area contributed by atoms with Crippen molar-refractivity contribution in [2.75, 3.05) is 5.32 Å². The number of carbonyl (C=O) groups is 1. The number of nitrogens with two attached hydrogens (primary N) is 1. The van der Waals surface area contributed by atoms with E-state index in [0.717, 1.165) is 28.6 Å². The smallest absolute Gasteiger partial charge is 0.232 e. The molecule has 8 heteroatoms. The van der Waals surface area contributed by atoms with Crippen LogP contribution in [0.4, 0.5) is 5.13 Å². The number of nitrogens with zero attached hydrogens (tertiary/aromatic N) is 3. The Morgan fingerprint density at radius 3 is 2.95 bits per heavy atom. The molecule has 0 aliphatic rings. The molecule has 0 saturated carbocycles. The molecule has 2 aromatic rings. The minimum Gasteiger partial charge on any atom is -0.325 e. The van der Waals surface area contributed by atoms with Crippen LogP contribution in [0.15, 0.2) is 5.38 Å². The summed E-state index contributed by atoms with van der Waals surface area (Å²) in [5.41, 5.74) is 6.22. The molecule has 2 aromatic heterocycles. The highest BCUT2D eigenvalue weighted by Crippen LogP contribution is 2.17. The minimum absolute atomic E-state index is 0.131. The van der Waals surface area contributed by atoms with E-state index < -0.39 is 0 Å². The van der Waals surface area contributed by atoms with E-state index in [2.05, 4.69) is 27.4 Å². The van der Waals surface area contributed by atoms with Gasteiger partial charge in [-0.25, -0.2) is 4.98 Å². The second kappa shape index (κ2) is 6.69. The van der Waals surface area contributed by atoms with Gasteiger partial charge in [0.2, 0.25) is 11.0 Å². The molecule has 0 fully saturated rings. The molecule has 0 unspecified atom stereocenters. The lowest BCUT2D eigenvalue weighted by molar-refractivity contribution is -0.115. The van der Waals surface area contributed by atoms with E-state index in [1.54, 1.807) is 0 Å². The molecule has 0 bridgehead atoms. The van der Waals surface area contributed by atoms with E-state index in [-0.39, 0.29) is 12.3 Å². The average molecular weight is 297 g/mol. The minimum atomic E-state index is -0.131. The van der Waals surface area contributed by atoms with E-state index in [1.807, 2.05) is 5.38 Å². The van der Waals surface area contributed by atoms with Gasteiger partial charge in [-0.2, -0.15) is 0 Å². The maximum absolute atomic E-state index is 11.8. The highest BCUT2D eigenvalue weighted by atomic mass is 32.1. The lowest BCUT2D eigenvalue weighted by atomic mass is 10.3. The molecule has 0 spiro atoms. The Morgan fingerprint density at radius 1 is 1.42 bits per heavy atom. The predicted octanol–water partition coefficient (Wildman–Crippen LogP) is 1.59. The van der Waals surface area contributed by atoms with Crippen molar-refractivity contribution in [3.8, 4) is 0 Å². The van der Waals surface area contributed by atoms with Crippen molar-refractivity contribution in [1.82, 2.24) is 15.2 Å². The molecule has 1 amide bonds. The van der Waals surface area contributed by atoms with Crippen molar-refractivity contribution < 1.29 is 4.79 Å². The lowest BCUT2D eigenvalue weighted by Gasteiger charge is -1.97. The van der Waals surface area contributed by atoms with Crippen LogP contribution in [0.2, 0.25) is 0 Å². The van der Waals surface area contributed by atoms with Crippen molar-refractivity contribution >= 4 is 33.7 Å². The first kappa shape index (κ1) is 14.0. The number of carbonyl (C=O) groups excluding carboxylic acids is 1. The number of hydrogen-bond donors (Lipinski definition) is 2. The first-order valence-electron chi connectivity index (χ1n) is 5.96. The summed E-state index contributed by atoms with van der Waals surface area (Å²) < 4.78 is 0. The van der Waals surface area contributed by atoms with Crippen molar-refractivity contribution in [2.45, 2.75) is 32.7 Å². The molecular formula is C11H15N5OS2. The summed E-state index contributed by atoms with van der Waals surface area (Å²) in [4.78, 5) is 16.1. The zero-order chi connectivity index (χ0) is 13.7. The third kappa shape index (κ3) is 4.05. The quantitative estimate of drug-likeness (QED) is 0.844. The van der Waals surface area contributed by atoms with E-state index in [0.29, 0.717) is 11.7 Å². The summed E-state index contributed by atoms with van der Waals surface area (Å²) >= 11 is 2.88. The maximum atomic E-state index is 11.8. The number of hydrogen-bond acceptors (Lipinski definition) is 7. The van der Waals surface area contributed by atoms with Crippen LogP contribution in [0.1, 0.15) is 29.1 Å². The lowest BCUT2D eigenvalue weighted by Crippen LogP contribution is -2.14. The highest BCUT2D eigenvalue weighted by Gasteiger charge is 2.10. The molecular weight excluding hydrogens is 282 g/mol. The van der Waals surface area contributed by atoms with Crippen molar-refractivity contribution in [3.05, 3.63) is 21.1 Å². The molecule has 3 N–H and O–H groups in total. The second-order valence-corrected chi connectivity index (χ2v) is 5.92. The van der Waals surface area contributed by atoms with Crippen LogP contribution < -0.4 is 11.1 Å². The van der Waals surface area contributed by atoms with E-state index in [4.69, 9.17) is 5.73 Å². The first-order valence-corrected chi connectivity index (χ1v) is 7.66. The zero-order valence-electron chi connectivity index (χ0n) is 10.5. The topological polar surface area (TPSA) is 93.8 Å². The third-order valence-corrected chi connectivity index (χ3v) is 4.11. The fourth-order valence-electron chi connectivity index (χ4n) is 1.47. The molecule has 2 rings (SSSR count). The van der Waals surface area contributed by atoms with Gasteiger partial charge in [0, 0.05) is 18.3 Å². The first-order chi connectivity index (χ1) is 9.21. The largest absolute Gasteiger partial charge is 0.325 e. The Hall–Kier alpha value is -1.38. The van der Waals surface area contributed by atoms with Gasteiger partial charge in [0.25, 0.3) is 0 Å². The van der Waals surface area contributed by atoms with Crippen LogP contribution in [-0.4, -0.2) is 21.1 Å². The van der Waals surface area contributed by atoms with E-state index in [1.165, 1.54) is 22.7 Å². The fourth-order valence-corrected chi connectivity index (χ4v) is 3.00. The summed E-state index contributed by atoms with van der Waals surface area (Å²) in [5, 5.41) is 14.9. The Balaban J connectivity index is 1.89. The van der Waals surface area contributed by atoms with Gasteiger partial charge in [0.15, 0.2) is 0 Å². The van der Waals surface area contributed by atoms with Crippen LogP contribution in [0, 0.1) is 0 Å². The van der Waals surface area contributed by atoms with Gasteiger partial charge in [0.05, 0.1) is 12.1 Å². The van der Waals surface area contributed by atoms with E-state index in [9.17, 15) is 4.79 Å². The van der Waals surface area contributed by atoms with E-state index >= 15 is 0 Å². The number of aryl methyl sites for hydroxylation is 1. The summed E-state index contributed by atoms with van der Waals surface area (Å²) in [6.45, 7) is 2.49. The van der Waals surface area contributed by atoms with Gasteiger partial charge in [-0.15, -0.1) is 21.5 Å². The summed E-state index contributed by atoms with van der Waals surface area (Å²) in [6, 6.07) is 0. The number of rotatable bonds is 6. The van der Waals surface area contributed by atoms with Gasteiger partial charge < -0.3 is 11.1 Å². The molecule has 19 heavy (non-hydrogen) atoms. The highest BCUT2D eigenvalue weighted by molar-refractivity contribution is 7.15. The van der Waals surface area contributed by atoms with Gasteiger partial charge >= 0.3 is 0 Å². The molecule has 102 valence electrons. The van der Waals surface area contributed by atoms with Gasteiger partial charge in [0.1, 0.15) is 10.0 Å². The third-order valence-electron chi connectivity index (χ3n) is 2.29. The summed E-state index contributed by atoms with van der Waals surface area (Å²) in [7, 11) is 0. The van der Waals surface area contributed by atoms with Crippen LogP contribution in [0.25, 0.3) is 0 Å². The van der Waals surface area contributed by atoms with Crippen LogP contribution >= 0.6 is 22.7 Å². The number of aromatic nitrogens is 3. The summed E-state index contributed by atoms with van der Waals surface area (Å²) in [5.74, 6) is -0.131. The van der Waals surface area contributed by atoms with Crippen LogP contribution in [0.5, 0.6) is 0 Å². The number of thiazole rings is 1. The Morgan fingerprint density at radius 2 is 2.26 bits per heavy atom. The molecule has 6 nitrogen and oxygen atoms in total.